The second kappa shape index (κ2) is 11.5. The first kappa shape index (κ1) is 17.4. The van der Waals surface area contributed by atoms with E-state index in [9.17, 15) is 0 Å². The molecule has 0 amide bonds. The van der Waals surface area contributed by atoms with Gasteiger partial charge >= 0.3 is 8.80 Å². The summed E-state index contributed by atoms with van der Waals surface area (Å²) < 4.78 is 17.8. The number of rotatable bonds is 12. The van der Waals surface area contributed by atoms with E-state index in [1.165, 1.54) is 0 Å². The average molecular weight is 281 g/mol. The molecule has 0 atom stereocenters. The maximum atomic E-state index is 5.96. The van der Waals surface area contributed by atoms with Crippen LogP contribution in [-0.2, 0) is 13.3 Å². The Hall–Kier alpha value is 0.447. The molecular formula is C12H28O3SSi. The summed E-state index contributed by atoms with van der Waals surface area (Å²) in [6, 6.07) is 0.916. The smallest absolute Gasteiger partial charge is 0.373 e. The van der Waals surface area contributed by atoms with E-state index in [-0.39, 0.29) is 0 Å². The summed E-state index contributed by atoms with van der Waals surface area (Å²) in [6.07, 6.45) is 4.00. The molecule has 0 spiro atoms. The molecule has 0 aromatic heterocycles. The van der Waals surface area contributed by atoms with Gasteiger partial charge in [0, 0.05) is 25.9 Å². The van der Waals surface area contributed by atoms with Crippen molar-refractivity contribution in [3.63, 3.8) is 0 Å². The minimum absolute atomic E-state index is 0.698. The summed E-state index contributed by atoms with van der Waals surface area (Å²) in [5.74, 6) is 0.845. The van der Waals surface area contributed by atoms with Gasteiger partial charge in [0.15, 0.2) is 0 Å². The monoisotopic (exact) mass is 280 g/mol. The van der Waals surface area contributed by atoms with Crippen LogP contribution in [0.2, 0.25) is 6.04 Å². The normalized spacial score (nSPS) is 12.0. The zero-order valence-corrected chi connectivity index (χ0v) is 13.4. The topological polar surface area (TPSA) is 27.7 Å². The summed E-state index contributed by atoms with van der Waals surface area (Å²) >= 11 is 4.20. The fourth-order valence-corrected chi connectivity index (χ4v) is 4.37. The van der Waals surface area contributed by atoms with Gasteiger partial charge in [-0.15, -0.1) is 0 Å². The van der Waals surface area contributed by atoms with E-state index >= 15 is 0 Å². The van der Waals surface area contributed by atoms with Crippen molar-refractivity contribution in [2.45, 2.75) is 52.5 Å². The van der Waals surface area contributed by atoms with Crippen LogP contribution in [0.4, 0.5) is 0 Å². The lowest BCUT2D eigenvalue weighted by atomic mass is 10.5. The summed E-state index contributed by atoms with van der Waals surface area (Å²) in [6.45, 7) is 8.53. The standard InChI is InChI=1S/C12H28O3SSi/c1-4-8-13-17(12-6-3,14-9-5-2)15-10-7-11-16/h16H,4-12H2,1-3H3. The molecule has 0 radical (unpaired) electrons. The summed E-state index contributed by atoms with van der Waals surface area (Å²) in [4.78, 5) is 0. The third kappa shape index (κ3) is 8.21. The third-order valence-corrected chi connectivity index (χ3v) is 5.59. The van der Waals surface area contributed by atoms with Crippen molar-refractivity contribution in [1.29, 1.82) is 0 Å². The summed E-state index contributed by atoms with van der Waals surface area (Å²) in [5.41, 5.74) is 0. The highest BCUT2D eigenvalue weighted by Gasteiger charge is 2.39. The minimum Gasteiger partial charge on any atom is -0.373 e. The zero-order valence-electron chi connectivity index (χ0n) is 11.5. The van der Waals surface area contributed by atoms with Crippen LogP contribution in [0.5, 0.6) is 0 Å². The van der Waals surface area contributed by atoms with Crippen LogP contribution in [0.25, 0.3) is 0 Å². The average Bonchev–Trinajstić information content (AvgIpc) is 2.34. The summed E-state index contributed by atoms with van der Waals surface area (Å²) in [5, 5.41) is 0. The molecule has 0 saturated carbocycles. The molecule has 5 heteroatoms. The lowest BCUT2D eigenvalue weighted by molar-refractivity contribution is 0.0593. The van der Waals surface area contributed by atoms with E-state index in [1.54, 1.807) is 0 Å². The first-order valence-corrected chi connectivity index (χ1v) is 9.33. The Morgan fingerprint density at radius 2 is 1.35 bits per heavy atom. The SMILES string of the molecule is CCCO[Si](CCC)(OCCC)OCCCS. The lowest BCUT2D eigenvalue weighted by Crippen LogP contribution is -2.46. The summed E-state index contributed by atoms with van der Waals surface area (Å²) in [7, 11) is -2.41. The molecular weight excluding hydrogens is 252 g/mol. The van der Waals surface area contributed by atoms with Crippen molar-refractivity contribution in [2.24, 2.45) is 0 Å². The van der Waals surface area contributed by atoms with Crippen molar-refractivity contribution >= 4 is 21.4 Å². The maximum Gasteiger partial charge on any atom is 0.500 e. The first-order valence-electron chi connectivity index (χ1n) is 6.77. The molecule has 104 valence electrons. The van der Waals surface area contributed by atoms with Crippen LogP contribution >= 0.6 is 12.6 Å². The fourth-order valence-electron chi connectivity index (χ4n) is 1.46. The van der Waals surface area contributed by atoms with Gasteiger partial charge in [0.2, 0.25) is 0 Å². The van der Waals surface area contributed by atoms with Crippen molar-refractivity contribution in [3.05, 3.63) is 0 Å². The molecule has 0 heterocycles. The molecule has 3 nitrogen and oxygen atoms in total. The van der Waals surface area contributed by atoms with Gasteiger partial charge in [-0.05, 0) is 25.0 Å². The molecule has 0 aliphatic heterocycles. The zero-order chi connectivity index (χ0) is 13.0. The highest BCUT2D eigenvalue weighted by Crippen LogP contribution is 2.19. The van der Waals surface area contributed by atoms with Crippen molar-refractivity contribution < 1.29 is 13.3 Å². The van der Waals surface area contributed by atoms with Gasteiger partial charge in [-0.2, -0.15) is 12.6 Å². The third-order valence-electron chi connectivity index (χ3n) is 2.23. The molecule has 17 heavy (non-hydrogen) atoms. The van der Waals surface area contributed by atoms with Crippen LogP contribution in [0.1, 0.15) is 46.5 Å². The van der Waals surface area contributed by atoms with Crippen molar-refractivity contribution in [3.8, 4) is 0 Å². The second-order valence-electron chi connectivity index (χ2n) is 4.06. The Morgan fingerprint density at radius 1 is 0.824 bits per heavy atom. The predicted octanol–water partition coefficient (Wildman–Crippen LogP) is 3.53. The van der Waals surface area contributed by atoms with Gasteiger partial charge in [0.1, 0.15) is 0 Å². The predicted molar refractivity (Wildman–Crippen MR) is 77.8 cm³/mol. The Labute approximate surface area is 113 Å². The molecule has 0 aliphatic carbocycles. The van der Waals surface area contributed by atoms with E-state index in [0.29, 0.717) is 6.61 Å². The van der Waals surface area contributed by atoms with Gasteiger partial charge < -0.3 is 13.3 Å². The molecule has 0 rings (SSSR count). The molecule has 0 N–H and O–H groups in total. The largest absolute Gasteiger partial charge is 0.500 e. The van der Waals surface area contributed by atoms with E-state index < -0.39 is 8.80 Å². The number of hydrogen-bond acceptors (Lipinski definition) is 4. The van der Waals surface area contributed by atoms with Gasteiger partial charge in [-0.3, -0.25) is 0 Å². The van der Waals surface area contributed by atoms with E-state index in [2.05, 4.69) is 33.4 Å². The van der Waals surface area contributed by atoms with E-state index in [1.807, 2.05) is 0 Å². The number of thiol groups is 1. The second-order valence-corrected chi connectivity index (χ2v) is 7.23. The fraction of sp³-hybridized carbons (Fsp3) is 1.00. The Morgan fingerprint density at radius 3 is 1.76 bits per heavy atom. The van der Waals surface area contributed by atoms with Crippen LogP contribution < -0.4 is 0 Å². The maximum absolute atomic E-state index is 5.96. The number of hydrogen-bond donors (Lipinski definition) is 1. The highest BCUT2D eigenvalue weighted by atomic mass is 32.1. The molecule has 0 saturated heterocycles. The Bertz CT molecular complexity index is 162. The van der Waals surface area contributed by atoms with Gasteiger partial charge in [-0.25, -0.2) is 0 Å². The first-order chi connectivity index (χ1) is 8.24. The lowest BCUT2D eigenvalue weighted by Gasteiger charge is -2.29. The van der Waals surface area contributed by atoms with Gasteiger partial charge in [0.25, 0.3) is 0 Å². The van der Waals surface area contributed by atoms with E-state index in [0.717, 1.165) is 50.7 Å². The van der Waals surface area contributed by atoms with Crippen LogP contribution in [0.15, 0.2) is 0 Å². The van der Waals surface area contributed by atoms with Crippen LogP contribution in [0.3, 0.4) is 0 Å². The van der Waals surface area contributed by atoms with Crippen LogP contribution in [0, 0.1) is 0 Å². The van der Waals surface area contributed by atoms with E-state index in [4.69, 9.17) is 13.3 Å². The molecule has 0 aromatic carbocycles. The minimum atomic E-state index is -2.41. The van der Waals surface area contributed by atoms with Crippen LogP contribution in [-0.4, -0.2) is 34.4 Å². The van der Waals surface area contributed by atoms with Gasteiger partial charge in [0.05, 0.1) is 0 Å². The molecule has 0 unspecified atom stereocenters. The Balaban J connectivity index is 4.32. The quantitative estimate of drug-likeness (QED) is 0.337. The molecule has 0 aliphatic rings. The van der Waals surface area contributed by atoms with Crippen molar-refractivity contribution in [2.75, 3.05) is 25.6 Å². The van der Waals surface area contributed by atoms with Crippen molar-refractivity contribution in [1.82, 2.24) is 0 Å². The van der Waals surface area contributed by atoms with Gasteiger partial charge in [-0.1, -0.05) is 27.2 Å². The molecule has 0 bridgehead atoms. The Kier molecular flexibility index (Phi) is 11.8. The molecule has 0 aromatic rings. The molecule has 0 fully saturated rings. The highest BCUT2D eigenvalue weighted by molar-refractivity contribution is 7.80.